The van der Waals surface area contributed by atoms with Crippen molar-refractivity contribution in [2.75, 3.05) is 12.0 Å². The minimum Gasteiger partial charge on any atom is -0.340 e. The number of hydrogen-bond acceptors (Lipinski definition) is 6. The van der Waals surface area contributed by atoms with Crippen molar-refractivity contribution in [3.05, 3.63) is 75.8 Å². The molecule has 2 aromatic rings. The lowest BCUT2D eigenvalue weighted by Crippen LogP contribution is -2.52. The van der Waals surface area contributed by atoms with Crippen LogP contribution in [0.2, 0.25) is 0 Å². The molecule has 1 atom stereocenters. The van der Waals surface area contributed by atoms with Crippen LogP contribution in [0.5, 0.6) is 0 Å². The molecule has 0 spiro atoms. The summed E-state index contributed by atoms with van der Waals surface area (Å²) in [5.41, 5.74) is 4.67. The highest BCUT2D eigenvalue weighted by Gasteiger charge is 2.22. The van der Waals surface area contributed by atoms with Gasteiger partial charge in [-0.25, -0.2) is 0 Å². The van der Waals surface area contributed by atoms with Crippen molar-refractivity contribution in [1.82, 2.24) is 16.2 Å². The van der Waals surface area contributed by atoms with Gasteiger partial charge < -0.3 is 5.32 Å². The molecule has 10 heteroatoms. The number of rotatable bonds is 8. The number of amides is 3. The van der Waals surface area contributed by atoms with Crippen LogP contribution >= 0.6 is 11.8 Å². The van der Waals surface area contributed by atoms with Gasteiger partial charge in [-0.1, -0.05) is 24.3 Å². The van der Waals surface area contributed by atoms with Gasteiger partial charge in [0, 0.05) is 23.3 Å². The highest BCUT2D eigenvalue weighted by molar-refractivity contribution is 7.98. The Balaban J connectivity index is 2.00. The first kappa shape index (κ1) is 21.9. The van der Waals surface area contributed by atoms with E-state index in [0.29, 0.717) is 17.7 Å². The predicted molar refractivity (Wildman–Crippen MR) is 109 cm³/mol. The van der Waals surface area contributed by atoms with Crippen LogP contribution in [0.3, 0.4) is 0 Å². The Morgan fingerprint density at radius 1 is 1.00 bits per heavy atom. The number of non-ortho nitro benzene ring substituents is 1. The molecule has 0 aliphatic heterocycles. The van der Waals surface area contributed by atoms with Gasteiger partial charge in [-0.3, -0.25) is 35.3 Å². The number of carbonyl (C=O) groups is 3. The zero-order valence-corrected chi connectivity index (χ0v) is 16.4. The van der Waals surface area contributed by atoms with Gasteiger partial charge in [0.2, 0.25) is 0 Å². The number of thioether (sulfide) groups is 1. The Morgan fingerprint density at radius 2 is 1.69 bits per heavy atom. The quantitative estimate of drug-likeness (QED) is 0.445. The molecule has 0 aliphatic carbocycles. The Labute approximate surface area is 171 Å². The summed E-state index contributed by atoms with van der Waals surface area (Å²) in [5.74, 6) is -1.09. The summed E-state index contributed by atoms with van der Waals surface area (Å²) in [7, 11) is 0. The van der Waals surface area contributed by atoms with Gasteiger partial charge in [0.25, 0.3) is 23.4 Å². The first-order chi connectivity index (χ1) is 13.9. The lowest BCUT2D eigenvalue weighted by Gasteiger charge is -2.18. The Bertz CT molecular complexity index is 891. The minimum atomic E-state index is -0.861. The van der Waals surface area contributed by atoms with Gasteiger partial charge >= 0.3 is 0 Å². The zero-order valence-electron chi connectivity index (χ0n) is 15.6. The van der Waals surface area contributed by atoms with Crippen molar-refractivity contribution in [2.45, 2.75) is 12.5 Å². The van der Waals surface area contributed by atoms with Crippen molar-refractivity contribution in [1.29, 1.82) is 0 Å². The van der Waals surface area contributed by atoms with E-state index in [-0.39, 0.29) is 11.3 Å². The molecule has 2 aromatic carbocycles. The molecule has 0 saturated heterocycles. The maximum absolute atomic E-state index is 12.5. The molecular weight excluding hydrogens is 396 g/mol. The number of nitrogens with zero attached hydrogens (tertiary/aromatic N) is 1. The summed E-state index contributed by atoms with van der Waals surface area (Å²) in [6, 6.07) is 12.7. The van der Waals surface area contributed by atoms with E-state index in [1.54, 1.807) is 30.3 Å². The molecule has 29 heavy (non-hydrogen) atoms. The van der Waals surface area contributed by atoms with Crippen LogP contribution in [0.25, 0.3) is 0 Å². The molecule has 152 valence electrons. The van der Waals surface area contributed by atoms with Crippen LogP contribution < -0.4 is 16.2 Å². The molecule has 0 aliphatic rings. The number of carbonyl (C=O) groups excluding carboxylic acids is 3. The lowest BCUT2D eigenvalue weighted by molar-refractivity contribution is -0.384. The molecule has 0 bridgehead atoms. The molecule has 9 nitrogen and oxygen atoms in total. The summed E-state index contributed by atoms with van der Waals surface area (Å²) in [4.78, 5) is 47.2. The van der Waals surface area contributed by atoms with E-state index >= 15 is 0 Å². The van der Waals surface area contributed by atoms with E-state index in [1.165, 1.54) is 30.0 Å². The topological polar surface area (TPSA) is 130 Å². The second-order valence-electron chi connectivity index (χ2n) is 5.92. The molecule has 2 rings (SSSR count). The zero-order chi connectivity index (χ0) is 21.2. The maximum Gasteiger partial charge on any atom is 0.270 e. The number of benzene rings is 2. The largest absolute Gasteiger partial charge is 0.340 e. The van der Waals surface area contributed by atoms with E-state index in [1.807, 2.05) is 6.26 Å². The average Bonchev–Trinajstić information content (AvgIpc) is 2.75. The van der Waals surface area contributed by atoms with Gasteiger partial charge in [0.15, 0.2) is 0 Å². The van der Waals surface area contributed by atoms with Crippen molar-refractivity contribution in [2.24, 2.45) is 0 Å². The number of nitrogens with one attached hydrogen (secondary N) is 3. The van der Waals surface area contributed by atoms with E-state index in [4.69, 9.17) is 0 Å². The molecule has 3 amide bonds. The first-order valence-corrected chi connectivity index (χ1v) is 10.0. The number of nitro groups is 1. The minimum absolute atomic E-state index is 0.0217. The van der Waals surface area contributed by atoms with Crippen molar-refractivity contribution in [3.8, 4) is 0 Å². The molecule has 0 saturated carbocycles. The number of nitro benzene ring substituents is 1. The van der Waals surface area contributed by atoms with E-state index < -0.39 is 28.7 Å². The molecule has 0 fully saturated rings. The van der Waals surface area contributed by atoms with Crippen LogP contribution in [0.15, 0.2) is 54.6 Å². The monoisotopic (exact) mass is 416 g/mol. The normalized spacial score (nSPS) is 11.2. The van der Waals surface area contributed by atoms with Crippen LogP contribution in [0, 0.1) is 10.1 Å². The van der Waals surface area contributed by atoms with E-state index in [0.717, 1.165) is 6.07 Å². The molecule has 3 N–H and O–H groups in total. The third kappa shape index (κ3) is 6.61. The highest BCUT2D eigenvalue weighted by atomic mass is 32.2. The van der Waals surface area contributed by atoms with Gasteiger partial charge in [0.1, 0.15) is 6.04 Å². The molecule has 0 radical (unpaired) electrons. The Kier molecular flexibility index (Phi) is 8.16. The van der Waals surface area contributed by atoms with E-state index in [9.17, 15) is 24.5 Å². The molecular formula is C19H20N4O5S. The van der Waals surface area contributed by atoms with Crippen LogP contribution in [0.4, 0.5) is 5.69 Å². The smallest absolute Gasteiger partial charge is 0.270 e. The van der Waals surface area contributed by atoms with Gasteiger partial charge in [-0.15, -0.1) is 0 Å². The summed E-state index contributed by atoms with van der Waals surface area (Å²) >= 11 is 1.51. The van der Waals surface area contributed by atoms with Crippen LogP contribution in [-0.4, -0.2) is 40.7 Å². The Morgan fingerprint density at radius 3 is 2.34 bits per heavy atom. The van der Waals surface area contributed by atoms with Crippen LogP contribution in [-0.2, 0) is 4.79 Å². The molecule has 0 unspecified atom stereocenters. The van der Waals surface area contributed by atoms with Crippen LogP contribution in [0.1, 0.15) is 27.1 Å². The fourth-order valence-electron chi connectivity index (χ4n) is 2.37. The van der Waals surface area contributed by atoms with Gasteiger partial charge in [0.05, 0.1) is 4.92 Å². The van der Waals surface area contributed by atoms with Crippen molar-refractivity contribution < 1.29 is 19.3 Å². The summed E-state index contributed by atoms with van der Waals surface area (Å²) in [5, 5.41) is 13.5. The molecule has 0 aromatic heterocycles. The Hall–Kier alpha value is -3.40. The predicted octanol–water partition coefficient (Wildman–Crippen LogP) is 1.91. The standard InChI is InChI=1S/C19H20N4O5S/c1-29-11-10-16(20-17(24)13-6-3-2-4-7-13)19(26)22-21-18(25)14-8-5-9-15(12-14)23(27)28/h2-9,12,16H,10-11H2,1H3,(H,20,24)(H,21,25)(H,22,26)/t16-/m0/s1. The maximum atomic E-state index is 12.5. The van der Waals surface area contributed by atoms with Gasteiger partial charge in [-0.05, 0) is 36.6 Å². The fourth-order valence-corrected chi connectivity index (χ4v) is 2.85. The summed E-state index contributed by atoms with van der Waals surface area (Å²) in [6.45, 7) is 0. The third-order valence-electron chi connectivity index (χ3n) is 3.89. The first-order valence-electron chi connectivity index (χ1n) is 8.62. The second kappa shape index (κ2) is 10.8. The summed E-state index contributed by atoms with van der Waals surface area (Å²) in [6.07, 6.45) is 2.23. The molecule has 0 heterocycles. The summed E-state index contributed by atoms with van der Waals surface area (Å²) < 4.78 is 0. The third-order valence-corrected chi connectivity index (χ3v) is 4.53. The van der Waals surface area contributed by atoms with Crippen molar-refractivity contribution >= 4 is 35.2 Å². The van der Waals surface area contributed by atoms with E-state index in [2.05, 4.69) is 16.2 Å². The second-order valence-corrected chi connectivity index (χ2v) is 6.91. The number of hydrogen-bond donors (Lipinski definition) is 3. The average molecular weight is 416 g/mol. The fraction of sp³-hybridized carbons (Fsp3) is 0.211. The van der Waals surface area contributed by atoms with Crippen molar-refractivity contribution in [3.63, 3.8) is 0 Å². The van der Waals surface area contributed by atoms with Gasteiger partial charge in [-0.2, -0.15) is 11.8 Å². The lowest BCUT2D eigenvalue weighted by atomic mass is 10.1. The number of hydrazine groups is 1. The highest BCUT2D eigenvalue weighted by Crippen LogP contribution is 2.12. The SMILES string of the molecule is CSCC[C@H](NC(=O)c1ccccc1)C(=O)NNC(=O)c1cccc([N+](=O)[O-])c1.